The van der Waals surface area contributed by atoms with Gasteiger partial charge in [0.2, 0.25) is 0 Å². The number of benzene rings is 1. The van der Waals surface area contributed by atoms with Gasteiger partial charge in [0.25, 0.3) is 5.91 Å². The molecule has 0 radical (unpaired) electrons. The average Bonchev–Trinajstić information content (AvgIpc) is 2.61. The second kappa shape index (κ2) is 6.82. The Bertz CT molecular complexity index is 854. The summed E-state index contributed by atoms with van der Waals surface area (Å²) in [5.41, 5.74) is 1.38. The lowest BCUT2D eigenvalue weighted by atomic mass is 10.2. The maximum atomic E-state index is 13.2. The van der Waals surface area contributed by atoms with Gasteiger partial charge in [0.05, 0.1) is 17.4 Å². The maximum absolute atomic E-state index is 13.2. The molecule has 2 N–H and O–H groups in total. The molecule has 2 aromatic heterocycles. The Morgan fingerprint density at radius 3 is 2.46 bits per heavy atom. The highest BCUT2D eigenvalue weighted by atomic mass is 19.2. The first-order valence-corrected chi connectivity index (χ1v) is 7.01. The maximum Gasteiger partial charge on any atom is 0.258 e. The van der Waals surface area contributed by atoms with Crippen molar-refractivity contribution in [2.75, 3.05) is 10.6 Å². The van der Waals surface area contributed by atoms with E-state index >= 15 is 0 Å². The SMILES string of the molecule is O=C(Nc1ccc(Nc2ccc(F)c(F)c2)cn1)c1cccnc1. The molecule has 7 heteroatoms. The first kappa shape index (κ1) is 15.5. The zero-order valence-electron chi connectivity index (χ0n) is 12.3. The van der Waals surface area contributed by atoms with Crippen LogP contribution in [0.4, 0.5) is 26.0 Å². The number of halogens is 2. The van der Waals surface area contributed by atoms with Crippen LogP contribution in [0.25, 0.3) is 0 Å². The fourth-order valence-electron chi connectivity index (χ4n) is 1.97. The summed E-state index contributed by atoms with van der Waals surface area (Å²) in [7, 11) is 0. The third-order valence-electron chi connectivity index (χ3n) is 3.14. The molecule has 0 aliphatic carbocycles. The predicted octanol–water partition coefficient (Wildman–Crippen LogP) is 3.75. The van der Waals surface area contributed by atoms with Crippen molar-refractivity contribution in [3.63, 3.8) is 0 Å². The Morgan fingerprint density at radius 2 is 1.79 bits per heavy atom. The summed E-state index contributed by atoms with van der Waals surface area (Å²) in [5.74, 6) is -1.81. The normalized spacial score (nSPS) is 10.2. The van der Waals surface area contributed by atoms with Gasteiger partial charge in [-0.2, -0.15) is 0 Å². The van der Waals surface area contributed by atoms with Crippen molar-refractivity contribution in [2.45, 2.75) is 0 Å². The van der Waals surface area contributed by atoms with E-state index in [1.165, 1.54) is 18.5 Å². The zero-order chi connectivity index (χ0) is 16.9. The molecule has 0 atom stereocenters. The average molecular weight is 326 g/mol. The number of pyridine rings is 2. The Balaban J connectivity index is 1.67. The Morgan fingerprint density at radius 1 is 0.958 bits per heavy atom. The van der Waals surface area contributed by atoms with Crippen molar-refractivity contribution in [3.05, 3.63) is 78.3 Å². The van der Waals surface area contributed by atoms with E-state index in [2.05, 4.69) is 20.6 Å². The lowest BCUT2D eigenvalue weighted by Gasteiger charge is -2.08. The minimum absolute atomic E-state index is 0.322. The molecule has 1 amide bonds. The number of hydrogen-bond acceptors (Lipinski definition) is 4. The molecule has 120 valence electrons. The fourth-order valence-corrected chi connectivity index (χ4v) is 1.97. The lowest BCUT2D eigenvalue weighted by Crippen LogP contribution is -2.13. The van der Waals surface area contributed by atoms with Gasteiger partial charge < -0.3 is 10.6 Å². The fraction of sp³-hybridized carbons (Fsp3) is 0. The van der Waals surface area contributed by atoms with Crippen molar-refractivity contribution < 1.29 is 13.6 Å². The van der Waals surface area contributed by atoms with Crippen LogP contribution in [0.1, 0.15) is 10.4 Å². The summed E-state index contributed by atoms with van der Waals surface area (Å²) >= 11 is 0. The molecule has 0 saturated carbocycles. The largest absolute Gasteiger partial charge is 0.354 e. The third kappa shape index (κ3) is 3.70. The number of anilines is 3. The van der Waals surface area contributed by atoms with Gasteiger partial charge in [0, 0.05) is 24.1 Å². The number of nitrogens with zero attached hydrogens (tertiary/aromatic N) is 2. The summed E-state index contributed by atoms with van der Waals surface area (Å²) in [6.07, 6.45) is 4.50. The summed E-state index contributed by atoms with van der Waals surface area (Å²) in [5, 5.41) is 5.53. The van der Waals surface area contributed by atoms with E-state index in [1.807, 2.05) is 0 Å². The smallest absolute Gasteiger partial charge is 0.258 e. The van der Waals surface area contributed by atoms with Crippen molar-refractivity contribution >= 4 is 23.1 Å². The number of nitrogens with one attached hydrogen (secondary N) is 2. The van der Waals surface area contributed by atoms with Gasteiger partial charge >= 0.3 is 0 Å². The topological polar surface area (TPSA) is 66.9 Å². The molecule has 2 heterocycles. The molecule has 0 fully saturated rings. The van der Waals surface area contributed by atoms with E-state index in [9.17, 15) is 13.6 Å². The number of rotatable bonds is 4. The van der Waals surface area contributed by atoms with Crippen molar-refractivity contribution in [1.82, 2.24) is 9.97 Å². The molecular formula is C17H12F2N4O. The van der Waals surface area contributed by atoms with Crippen LogP contribution in [0.5, 0.6) is 0 Å². The van der Waals surface area contributed by atoms with E-state index in [4.69, 9.17) is 0 Å². The lowest BCUT2D eigenvalue weighted by molar-refractivity contribution is 0.102. The third-order valence-corrected chi connectivity index (χ3v) is 3.14. The second-order valence-electron chi connectivity index (χ2n) is 4.88. The highest BCUT2D eigenvalue weighted by molar-refractivity contribution is 6.03. The Hall–Kier alpha value is -3.35. The van der Waals surface area contributed by atoms with E-state index in [1.54, 1.807) is 30.5 Å². The number of carbonyl (C=O) groups excluding carboxylic acids is 1. The molecule has 3 aromatic rings. The molecule has 24 heavy (non-hydrogen) atoms. The van der Waals surface area contributed by atoms with Gasteiger partial charge in [0.1, 0.15) is 5.82 Å². The molecule has 0 unspecified atom stereocenters. The summed E-state index contributed by atoms with van der Waals surface area (Å²) in [6, 6.07) is 10.1. The van der Waals surface area contributed by atoms with Crippen LogP contribution in [-0.2, 0) is 0 Å². The highest BCUT2D eigenvalue weighted by Crippen LogP contribution is 2.19. The summed E-state index contributed by atoms with van der Waals surface area (Å²) in [4.78, 5) is 19.9. The van der Waals surface area contributed by atoms with Gasteiger partial charge in [-0.3, -0.25) is 9.78 Å². The molecule has 0 aliphatic rings. The quantitative estimate of drug-likeness (QED) is 0.766. The Labute approximate surface area is 136 Å². The van der Waals surface area contributed by atoms with Crippen molar-refractivity contribution in [2.24, 2.45) is 0 Å². The molecule has 0 spiro atoms. The van der Waals surface area contributed by atoms with Gasteiger partial charge in [-0.15, -0.1) is 0 Å². The number of carbonyl (C=O) groups is 1. The van der Waals surface area contributed by atoms with Crippen LogP contribution >= 0.6 is 0 Å². The summed E-state index contributed by atoms with van der Waals surface area (Å²) in [6.45, 7) is 0. The van der Waals surface area contributed by atoms with Gasteiger partial charge in [-0.1, -0.05) is 0 Å². The minimum atomic E-state index is -0.937. The van der Waals surface area contributed by atoms with Gasteiger partial charge in [0.15, 0.2) is 11.6 Å². The van der Waals surface area contributed by atoms with E-state index in [0.29, 0.717) is 22.8 Å². The van der Waals surface area contributed by atoms with E-state index < -0.39 is 11.6 Å². The minimum Gasteiger partial charge on any atom is -0.354 e. The van der Waals surface area contributed by atoms with Crippen LogP contribution in [0.2, 0.25) is 0 Å². The second-order valence-corrected chi connectivity index (χ2v) is 4.88. The van der Waals surface area contributed by atoms with Gasteiger partial charge in [-0.25, -0.2) is 13.8 Å². The van der Waals surface area contributed by atoms with E-state index in [-0.39, 0.29) is 5.91 Å². The highest BCUT2D eigenvalue weighted by Gasteiger charge is 2.07. The van der Waals surface area contributed by atoms with Crippen molar-refractivity contribution in [3.8, 4) is 0 Å². The first-order chi connectivity index (χ1) is 11.6. The Kier molecular flexibility index (Phi) is 4.42. The number of amides is 1. The monoisotopic (exact) mass is 326 g/mol. The van der Waals surface area contributed by atoms with Crippen LogP contribution in [0.3, 0.4) is 0 Å². The van der Waals surface area contributed by atoms with E-state index in [0.717, 1.165) is 12.1 Å². The molecule has 3 rings (SSSR count). The molecule has 5 nitrogen and oxygen atoms in total. The molecule has 1 aromatic carbocycles. The zero-order valence-corrected chi connectivity index (χ0v) is 12.3. The standard InChI is InChI=1S/C17H12F2N4O/c18-14-5-3-12(8-15(14)19)22-13-4-6-16(21-10-13)23-17(24)11-2-1-7-20-9-11/h1-10,22H,(H,21,23,24). The molecular weight excluding hydrogens is 314 g/mol. The molecule has 0 saturated heterocycles. The molecule has 0 aliphatic heterocycles. The van der Waals surface area contributed by atoms with Crippen LogP contribution < -0.4 is 10.6 Å². The summed E-state index contributed by atoms with van der Waals surface area (Å²) < 4.78 is 26.1. The first-order valence-electron chi connectivity index (χ1n) is 7.01. The van der Waals surface area contributed by atoms with Crippen LogP contribution in [0.15, 0.2) is 61.1 Å². The number of aromatic nitrogens is 2. The number of hydrogen-bond donors (Lipinski definition) is 2. The predicted molar refractivity (Wildman–Crippen MR) is 86.1 cm³/mol. The van der Waals surface area contributed by atoms with Crippen LogP contribution in [0, 0.1) is 11.6 Å². The van der Waals surface area contributed by atoms with Gasteiger partial charge in [-0.05, 0) is 36.4 Å². The van der Waals surface area contributed by atoms with Crippen LogP contribution in [-0.4, -0.2) is 15.9 Å². The molecule has 0 bridgehead atoms. The van der Waals surface area contributed by atoms with Crippen molar-refractivity contribution in [1.29, 1.82) is 0 Å².